The van der Waals surface area contributed by atoms with Crippen LogP contribution in [-0.4, -0.2) is 36.5 Å². The van der Waals surface area contributed by atoms with Gasteiger partial charge in [-0.05, 0) is 50.9 Å². The number of carbonyl (C=O) groups is 2. The number of nitrogens with zero attached hydrogens (tertiary/aromatic N) is 1. The topological polar surface area (TPSA) is 46.6 Å². The highest BCUT2D eigenvalue weighted by molar-refractivity contribution is 5.81. The van der Waals surface area contributed by atoms with Gasteiger partial charge in [-0.3, -0.25) is 9.59 Å². The standard InChI is InChI=1S/C16H25NO3/c1-2-20-16(19)13-4-3-7-17(10-13)15(18)14-9-11-5-6-12(14)8-11/h11-14H,2-10H2,1H3. The van der Waals surface area contributed by atoms with Crippen LogP contribution >= 0.6 is 0 Å². The fourth-order valence-corrected chi connectivity index (χ4v) is 4.41. The van der Waals surface area contributed by atoms with Crippen molar-refractivity contribution < 1.29 is 14.3 Å². The minimum Gasteiger partial charge on any atom is -0.466 e. The summed E-state index contributed by atoms with van der Waals surface area (Å²) in [4.78, 5) is 26.5. The van der Waals surface area contributed by atoms with Gasteiger partial charge >= 0.3 is 5.97 Å². The molecule has 2 saturated carbocycles. The Labute approximate surface area is 120 Å². The molecule has 4 heteroatoms. The number of hydrogen-bond donors (Lipinski definition) is 0. The Morgan fingerprint density at radius 2 is 2.05 bits per heavy atom. The molecule has 0 aromatic heterocycles. The van der Waals surface area contributed by atoms with E-state index < -0.39 is 0 Å². The molecule has 0 aromatic rings. The highest BCUT2D eigenvalue weighted by Gasteiger charge is 2.45. The molecular formula is C16H25NO3. The molecule has 1 aliphatic heterocycles. The molecule has 1 heterocycles. The Hall–Kier alpha value is -1.06. The Kier molecular flexibility index (Phi) is 3.99. The highest BCUT2D eigenvalue weighted by Crippen LogP contribution is 2.49. The number of rotatable bonds is 3. The van der Waals surface area contributed by atoms with Gasteiger partial charge in [0, 0.05) is 19.0 Å². The van der Waals surface area contributed by atoms with Crippen LogP contribution in [0, 0.1) is 23.7 Å². The third-order valence-corrected chi connectivity index (χ3v) is 5.41. The summed E-state index contributed by atoms with van der Waals surface area (Å²) in [7, 11) is 0. The van der Waals surface area contributed by atoms with Gasteiger partial charge in [0.25, 0.3) is 0 Å². The van der Waals surface area contributed by atoms with Crippen molar-refractivity contribution in [3.8, 4) is 0 Å². The van der Waals surface area contributed by atoms with Crippen molar-refractivity contribution in [3.05, 3.63) is 0 Å². The zero-order chi connectivity index (χ0) is 14.1. The van der Waals surface area contributed by atoms with Crippen LogP contribution in [-0.2, 0) is 14.3 Å². The number of hydrogen-bond acceptors (Lipinski definition) is 3. The third-order valence-electron chi connectivity index (χ3n) is 5.41. The van der Waals surface area contributed by atoms with Gasteiger partial charge in [0.05, 0.1) is 12.5 Å². The maximum Gasteiger partial charge on any atom is 0.310 e. The first-order valence-corrected chi connectivity index (χ1v) is 8.14. The highest BCUT2D eigenvalue weighted by atomic mass is 16.5. The molecule has 1 saturated heterocycles. The van der Waals surface area contributed by atoms with Crippen LogP contribution in [0.4, 0.5) is 0 Å². The lowest BCUT2D eigenvalue weighted by Crippen LogP contribution is -2.46. The minimum absolute atomic E-state index is 0.105. The SMILES string of the molecule is CCOC(=O)C1CCCN(C(=O)C2CC3CCC2C3)C1. The Morgan fingerprint density at radius 3 is 2.70 bits per heavy atom. The van der Waals surface area contributed by atoms with E-state index in [9.17, 15) is 9.59 Å². The molecule has 3 rings (SSSR count). The van der Waals surface area contributed by atoms with E-state index in [1.807, 2.05) is 11.8 Å². The average Bonchev–Trinajstić information content (AvgIpc) is 3.09. The first kappa shape index (κ1) is 13.9. The van der Waals surface area contributed by atoms with Gasteiger partial charge in [-0.2, -0.15) is 0 Å². The van der Waals surface area contributed by atoms with Gasteiger partial charge in [0.1, 0.15) is 0 Å². The van der Waals surface area contributed by atoms with E-state index in [0.717, 1.165) is 31.7 Å². The zero-order valence-corrected chi connectivity index (χ0v) is 12.3. The summed E-state index contributed by atoms with van der Waals surface area (Å²) in [6, 6.07) is 0. The molecule has 2 bridgehead atoms. The molecule has 4 unspecified atom stereocenters. The normalized spacial score (nSPS) is 36.1. The van der Waals surface area contributed by atoms with Gasteiger partial charge in [-0.1, -0.05) is 6.42 Å². The van der Waals surface area contributed by atoms with Crippen LogP contribution in [0.5, 0.6) is 0 Å². The van der Waals surface area contributed by atoms with E-state index in [4.69, 9.17) is 4.74 Å². The molecular weight excluding hydrogens is 254 g/mol. The van der Waals surface area contributed by atoms with E-state index in [-0.39, 0.29) is 17.8 Å². The van der Waals surface area contributed by atoms with E-state index in [1.54, 1.807) is 0 Å². The van der Waals surface area contributed by atoms with Crippen LogP contribution in [0.3, 0.4) is 0 Å². The van der Waals surface area contributed by atoms with Crippen molar-refractivity contribution in [3.63, 3.8) is 0 Å². The lowest BCUT2D eigenvalue weighted by molar-refractivity contribution is -0.152. The van der Waals surface area contributed by atoms with Crippen LogP contribution in [0.2, 0.25) is 0 Å². The molecule has 0 spiro atoms. The number of fused-ring (bicyclic) bond motifs is 2. The van der Waals surface area contributed by atoms with E-state index in [1.165, 1.54) is 19.3 Å². The second-order valence-electron chi connectivity index (χ2n) is 6.66. The molecule has 0 N–H and O–H groups in total. The first-order valence-electron chi connectivity index (χ1n) is 8.14. The van der Waals surface area contributed by atoms with E-state index in [2.05, 4.69) is 0 Å². The predicted octanol–water partition coefficient (Wildman–Crippen LogP) is 2.22. The van der Waals surface area contributed by atoms with Crippen molar-refractivity contribution in [1.29, 1.82) is 0 Å². The third kappa shape index (κ3) is 2.57. The Bertz CT molecular complexity index is 395. The van der Waals surface area contributed by atoms with Crippen molar-refractivity contribution in [2.24, 2.45) is 23.7 Å². The van der Waals surface area contributed by atoms with Crippen LogP contribution in [0.15, 0.2) is 0 Å². The number of amides is 1. The number of esters is 1. The largest absolute Gasteiger partial charge is 0.466 e. The number of likely N-dealkylation sites (tertiary alicyclic amines) is 1. The first-order chi connectivity index (χ1) is 9.69. The maximum atomic E-state index is 12.7. The summed E-state index contributed by atoms with van der Waals surface area (Å²) in [5.41, 5.74) is 0. The summed E-state index contributed by atoms with van der Waals surface area (Å²) in [6.45, 7) is 3.66. The fraction of sp³-hybridized carbons (Fsp3) is 0.875. The summed E-state index contributed by atoms with van der Waals surface area (Å²) >= 11 is 0. The van der Waals surface area contributed by atoms with Crippen molar-refractivity contribution in [1.82, 2.24) is 4.90 Å². The number of piperidine rings is 1. The van der Waals surface area contributed by atoms with E-state index >= 15 is 0 Å². The maximum absolute atomic E-state index is 12.7. The molecule has 2 aliphatic carbocycles. The molecule has 0 radical (unpaired) electrons. The Balaban J connectivity index is 1.59. The molecule has 4 atom stereocenters. The van der Waals surface area contributed by atoms with E-state index in [0.29, 0.717) is 25.0 Å². The number of ether oxygens (including phenoxy) is 1. The smallest absolute Gasteiger partial charge is 0.310 e. The Morgan fingerprint density at radius 1 is 1.20 bits per heavy atom. The summed E-state index contributed by atoms with van der Waals surface area (Å²) in [5.74, 6) is 1.74. The molecule has 1 amide bonds. The summed E-state index contributed by atoms with van der Waals surface area (Å²) < 4.78 is 5.11. The van der Waals surface area contributed by atoms with Gasteiger partial charge in [0.15, 0.2) is 0 Å². The second kappa shape index (κ2) is 5.74. The quantitative estimate of drug-likeness (QED) is 0.744. The van der Waals surface area contributed by atoms with Crippen LogP contribution < -0.4 is 0 Å². The van der Waals surface area contributed by atoms with Gasteiger partial charge in [-0.25, -0.2) is 0 Å². The predicted molar refractivity (Wildman–Crippen MR) is 74.9 cm³/mol. The zero-order valence-electron chi connectivity index (χ0n) is 12.3. The summed E-state index contributed by atoms with van der Waals surface area (Å²) in [5, 5.41) is 0. The van der Waals surface area contributed by atoms with Crippen LogP contribution in [0.1, 0.15) is 45.4 Å². The second-order valence-corrected chi connectivity index (χ2v) is 6.66. The lowest BCUT2D eigenvalue weighted by Gasteiger charge is -2.35. The van der Waals surface area contributed by atoms with Gasteiger partial charge in [-0.15, -0.1) is 0 Å². The van der Waals surface area contributed by atoms with Gasteiger partial charge in [0.2, 0.25) is 5.91 Å². The minimum atomic E-state index is -0.127. The summed E-state index contributed by atoms with van der Waals surface area (Å²) in [6.07, 6.45) is 6.68. The molecule has 20 heavy (non-hydrogen) atoms. The molecule has 4 nitrogen and oxygen atoms in total. The van der Waals surface area contributed by atoms with Crippen molar-refractivity contribution >= 4 is 11.9 Å². The molecule has 0 aromatic carbocycles. The molecule has 112 valence electrons. The fourth-order valence-electron chi connectivity index (χ4n) is 4.41. The van der Waals surface area contributed by atoms with Crippen molar-refractivity contribution in [2.45, 2.75) is 45.4 Å². The van der Waals surface area contributed by atoms with Crippen LogP contribution in [0.25, 0.3) is 0 Å². The van der Waals surface area contributed by atoms with Gasteiger partial charge < -0.3 is 9.64 Å². The average molecular weight is 279 g/mol. The monoisotopic (exact) mass is 279 g/mol. The van der Waals surface area contributed by atoms with Crippen molar-refractivity contribution in [2.75, 3.05) is 19.7 Å². The molecule has 3 aliphatic rings. The molecule has 3 fully saturated rings. The number of carbonyl (C=O) groups excluding carboxylic acids is 2. The lowest BCUT2D eigenvalue weighted by atomic mass is 9.86.